The second kappa shape index (κ2) is 10.3. The van der Waals surface area contributed by atoms with E-state index in [2.05, 4.69) is 10.3 Å². The lowest BCUT2D eigenvalue weighted by Gasteiger charge is -2.44. The first-order valence-electron chi connectivity index (χ1n) is 13.3. The third-order valence-corrected chi connectivity index (χ3v) is 7.68. The van der Waals surface area contributed by atoms with Crippen LogP contribution in [-0.2, 0) is 17.9 Å². The predicted molar refractivity (Wildman–Crippen MR) is 140 cm³/mol. The van der Waals surface area contributed by atoms with Gasteiger partial charge in [0.25, 0.3) is 5.91 Å². The van der Waals surface area contributed by atoms with Crippen molar-refractivity contribution in [3.63, 3.8) is 0 Å². The highest BCUT2D eigenvalue weighted by atomic mass is 16.5. The van der Waals surface area contributed by atoms with E-state index in [9.17, 15) is 9.59 Å². The molecule has 1 aromatic heterocycles. The average Bonchev–Trinajstić information content (AvgIpc) is 3.23. The molecule has 1 aliphatic heterocycles. The highest BCUT2D eigenvalue weighted by Gasteiger charge is 2.49. The molecule has 0 radical (unpaired) electrons. The molecule has 1 atom stereocenters. The van der Waals surface area contributed by atoms with Crippen molar-refractivity contribution in [3.8, 4) is 5.75 Å². The maximum Gasteiger partial charge on any atom is 0.291 e. The minimum Gasteiger partial charge on any atom is -0.494 e. The molecule has 0 saturated heterocycles. The molecule has 0 bridgehead atoms. The SMILES string of the molecule is CCOc1ccccc1CN1C(=O)c2nc3ccccc3n2C[C@]1(C)C(=O)NC1CCCCCCC1. The molecule has 7 nitrogen and oxygen atoms in total. The Balaban J connectivity index is 1.53. The molecule has 5 rings (SSSR count). The highest BCUT2D eigenvalue weighted by molar-refractivity contribution is 6.01. The first kappa shape index (κ1) is 24.3. The van der Waals surface area contributed by atoms with E-state index in [0.717, 1.165) is 48.0 Å². The molecule has 2 heterocycles. The second-order valence-electron chi connectivity index (χ2n) is 10.2. The van der Waals surface area contributed by atoms with Crippen molar-refractivity contribution in [1.82, 2.24) is 19.8 Å². The fourth-order valence-electron chi connectivity index (χ4n) is 5.62. The van der Waals surface area contributed by atoms with Crippen LogP contribution < -0.4 is 10.1 Å². The number of ether oxygens (including phenoxy) is 1. The van der Waals surface area contributed by atoms with Crippen molar-refractivity contribution in [2.45, 2.75) is 83.5 Å². The first-order chi connectivity index (χ1) is 17.5. The normalized spacial score (nSPS) is 21.1. The number of para-hydroxylation sites is 3. The van der Waals surface area contributed by atoms with Crippen LogP contribution in [0.5, 0.6) is 5.75 Å². The van der Waals surface area contributed by atoms with Crippen LogP contribution in [-0.4, -0.2) is 44.5 Å². The number of hydrogen-bond acceptors (Lipinski definition) is 4. The zero-order chi connectivity index (χ0) is 25.1. The largest absolute Gasteiger partial charge is 0.494 e. The molecule has 1 fully saturated rings. The van der Waals surface area contributed by atoms with Gasteiger partial charge in [-0.25, -0.2) is 4.98 Å². The summed E-state index contributed by atoms with van der Waals surface area (Å²) in [6.07, 6.45) is 7.94. The van der Waals surface area contributed by atoms with Gasteiger partial charge in [-0.15, -0.1) is 0 Å². The number of rotatable bonds is 6. The van der Waals surface area contributed by atoms with Gasteiger partial charge in [0.05, 0.1) is 30.7 Å². The van der Waals surface area contributed by atoms with Gasteiger partial charge in [-0.05, 0) is 44.9 Å². The minimum absolute atomic E-state index is 0.0984. The quantitative estimate of drug-likeness (QED) is 0.525. The van der Waals surface area contributed by atoms with Gasteiger partial charge >= 0.3 is 0 Å². The van der Waals surface area contributed by atoms with Crippen LogP contribution in [0.2, 0.25) is 0 Å². The van der Waals surface area contributed by atoms with Crippen molar-refractivity contribution >= 4 is 22.8 Å². The summed E-state index contributed by atoms with van der Waals surface area (Å²) in [5, 5.41) is 3.35. The van der Waals surface area contributed by atoms with Crippen LogP contribution in [0.3, 0.4) is 0 Å². The lowest BCUT2D eigenvalue weighted by molar-refractivity contribution is -0.134. The van der Waals surface area contributed by atoms with E-state index in [4.69, 9.17) is 4.74 Å². The molecule has 0 unspecified atom stereocenters. The molecule has 36 heavy (non-hydrogen) atoms. The monoisotopic (exact) mass is 488 g/mol. The topological polar surface area (TPSA) is 76.5 Å². The van der Waals surface area contributed by atoms with E-state index >= 15 is 0 Å². The number of nitrogens with one attached hydrogen (secondary N) is 1. The van der Waals surface area contributed by atoms with Gasteiger partial charge in [-0.3, -0.25) is 9.59 Å². The van der Waals surface area contributed by atoms with Crippen LogP contribution in [0.1, 0.15) is 75.0 Å². The molecule has 2 aromatic carbocycles. The fraction of sp³-hybridized carbons (Fsp3) is 0.483. The van der Waals surface area contributed by atoms with Crippen LogP contribution in [0, 0.1) is 0 Å². The Hall–Kier alpha value is -3.35. The molecule has 1 N–H and O–H groups in total. The first-order valence-corrected chi connectivity index (χ1v) is 13.3. The van der Waals surface area contributed by atoms with E-state index < -0.39 is 5.54 Å². The Bertz CT molecular complexity index is 1240. The van der Waals surface area contributed by atoms with Crippen molar-refractivity contribution in [3.05, 3.63) is 59.9 Å². The molecule has 1 aliphatic carbocycles. The van der Waals surface area contributed by atoms with Crippen LogP contribution in [0.25, 0.3) is 11.0 Å². The average molecular weight is 489 g/mol. The number of amides is 2. The smallest absolute Gasteiger partial charge is 0.291 e. The molecule has 1 saturated carbocycles. The number of benzene rings is 2. The summed E-state index contributed by atoms with van der Waals surface area (Å²) >= 11 is 0. The van der Waals surface area contributed by atoms with E-state index in [-0.39, 0.29) is 24.4 Å². The Kier molecular flexibility index (Phi) is 6.99. The number of fused-ring (bicyclic) bond motifs is 3. The van der Waals surface area contributed by atoms with Crippen molar-refractivity contribution in [1.29, 1.82) is 0 Å². The van der Waals surface area contributed by atoms with Crippen molar-refractivity contribution < 1.29 is 14.3 Å². The lowest BCUT2D eigenvalue weighted by Crippen LogP contribution is -2.64. The van der Waals surface area contributed by atoms with Crippen LogP contribution in [0.15, 0.2) is 48.5 Å². The number of aromatic nitrogens is 2. The molecule has 0 spiro atoms. The standard InChI is InChI=1S/C29H36N4O3/c1-3-36-25-18-12-9-13-21(25)19-33-27(34)26-31-23-16-10-11-17-24(23)32(26)20-29(33,2)28(35)30-22-14-7-5-4-6-8-15-22/h9-13,16-18,22H,3-8,14-15,19-20H2,1-2H3,(H,30,35)/t29-/m1/s1. The number of carbonyl (C=O) groups excluding carboxylic acids is 2. The molecular formula is C29H36N4O3. The number of nitrogens with zero attached hydrogens (tertiary/aromatic N) is 3. The third kappa shape index (κ3) is 4.59. The van der Waals surface area contributed by atoms with Crippen LogP contribution >= 0.6 is 0 Å². The summed E-state index contributed by atoms with van der Waals surface area (Å²) in [5.41, 5.74) is 1.44. The Morgan fingerprint density at radius 3 is 2.53 bits per heavy atom. The maximum absolute atomic E-state index is 14.0. The van der Waals surface area contributed by atoms with Gasteiger partial charge in [-0.1, -0.05) is 62.4 Å². The number of imidazole rings is 1. The molecule has 7 heteroatoms. The number of hydrogen-bond donors (Lipinski definition) is 1. The summed E-state index contributed by atoms with van der Waals surface area (Å²) in [5.74, 6) is 0.772. The third-order valence-electron chi connectivity index (χ3n) is 7.68. The molecule has 190 valence electrons. The minimum atomic E-state index is -1.07. The highest BCUT2D eigenvalue weighted by Crippen LogP contribution is 2.34. The van der Waals surface area contributed by atoms with E-state index in [1.807, 2.05) is 66.9 Å². The van der Waals surface area contributed by atoms with Crippen molar-refractivity contribution in [2.24, 2.45) is 0 Å². The van der Waals surface area contributed by atoms with Gasteiger partial charge in [0, 0.05) is 11.6 Å². The second-order valence-corrected chi connectivity index (χ2v) is 10.2. The van der Waals surface area contributed by atoms with Gasteiger partial charge in [0.15, 0.2) is 5.82 Å². The molecule has 3 aromatic rings. The van der Waals surface area contributed by atoms with E-state index in [0.29, 0.717) is 19.0 Å². The zero-order valence-corrected chi connectivity index (χ0v) is 21.3. The summed E-state index contributed by atoms with van der Waals surface area (Å²) < 4.78 is 7.76. The molecular weight excluding hydrogens is 452 g/mol. The van der Waals surface area contributed by atoms with Gasteiger partial charge in [0.2, 0.25) is 5.91 Å². The Labute approximate surface area is 212 Å². The Morgan fingerprint density at radius 1 is 1.06 bits per heavy atom. The fourth-order valence-corrected chi connectivity index (χ4v) is 5.62. The summed E-state index contributed by atoms with van der Waals surface area (Å²) in [7, 11) is 0. The maximum atomic E-state index is 14.0. The van der Waals surface area contributed by atoms with Gasteiger partial charge < -0.3 is 19.5 Å². The van der Waals surface area contributed by atoms with Crippen molar-refractivity contribution in [2.75, 3.05) is 6.61 Å². The Morgan fingerprint density at radius 2 is 1.75 bits per heavy atom. The van der Waals surface area contributed by atoms with Crippen LogP contribution in [0.4, 0.5) is 0 Å². The van der Waals surface area contributed by atoms with Gasteiger partial charge in [-0.2, -0.15) is 0 Å². The zero-order valence-electron chi connectivity index (χ0n) is 21.3. The number of carbonyl (C=O) groups is 2. The molecule has 2 aliphatic rings. The predicted octanol–water partition coefficient (Wildman–Crippen LogP) is 5.08. The summed E-state index contributed by atoms with van der Waals surface area (Å²) in [6.45, 7) is 4.98. The summed E-state index contributed by atoms with van der Waals surface area (Å²) in [6, 6.07) is 15.6. The van der Waals surface area contributed by atoms with E-state index in [1.165, 1.54) is 19.3 Å². The summed E-state index contributed by atoms with van der Waals surface area (Å²) in [4.78, 5) is 34.4. The molecule has 2 amide bonds. The van der Waals surface area contributed by atoms with Gasteiger partial charge in [0.1, 0.15) is 11.3 Å². The lowest BCUT2D eigenvalue weighted by atomic mass is 9.92. The van der Waals surface area contributed by atoms with E-state index in [1.54, 1.807) is 4.90 Å².